The van der Waals surface area contributed by atoms with Crippen LogP contribution in [0.4, 0.5) is 8.78 Å². The fourth-order valence-electron chi connectivity index (χ4n) is 7.58. The van der Waals surface area contributed by atoms with Crippen LogP contribution in [0.5, 0.6) is 5.75 Å². The quantitative estimate of drug-likeness (QED) is 0.0559. The second kappa shape index (κ2) is 22.7. The molecule has 7 nitrogen and oxygen atoms in total. The highest BCUT2D eigenvalue weighted by atomic mass is 19.1. The zero-order chi connectivity index (χ0) is 42.2. The molecule has 316 valence electrons. The van der Waals surface area contributed by atoms with Gasteiger partial charge < -0.3 is 24.4 Å². The van der Waals surface area contributed by atoms with Crippen molar-refractivity contribution in [1.82, 2.24) is 0 Å². The highest BCUT2D eigenvalue weighted by Crippen LogP contribution is 2.40. The Bertz CT molecular complexity index is 1800. The molecule has 0 amide bonds. The SMILES string of the molecule is C=C(C)C(=O)OCCCc1cc(-c2ccc(-c3ccc(C4CCC(CCCCC)CC4)cc3F)cc2F)cc(CCCOC(=O)C(=C)C)c1OCCC(C)(CO)CO. The molecular formula is C49H64F2O7. The molecule has 1 saturated carbocycles. The van der Waals surface area contributed by atoms with E-state index in [-0.39, 0.29) is 38.9 Å². The van der Waals surface area contributed by atoms with Crippen molar-refractivity contribution >= 4 is 11.9 Å². The molecule has 4 rings (SSSR count). The third kappa shape index (κ3) is 13.3. The Morgan fingerprint density at radius 3 is 1.81 bits per heavy atom. The van der Waals surface area contributed by atoms with E-state index in [1.807, 2.05) is 18.2 Å². The van der Waals surface area contributed by atoms with E-state index in [4.69, 9.17) is 14.2 Å². The number of ether oxygens (including phenoxy) is 3. The van der Waals surface area contributed by atoms with E-state index in [1.54, 1.807) is 45.0 Å². The molecule has 0 bridgehead atoms. The van der Waals surface area contributed by atoms with Crippen molar-refractivity contribution < 1.29 is 42.8 Å². The summed E-state index contributed by atoms with van der Waals surface area (Å²) < 4.78 is 49.1. The van der Waals surface area contributed by atoms with Gasteiger partial charge in [-0.05, 0) is 136 Å². The van der Waals surface area contributed by atoms with Crippen LogP contribution in [0.1, 0.15) is 121 Å². The van der Waals surface area contributed by atoms with Crippen LogP contribution in [0.15, 0.2) is 72.8 Å². The Balaban J connectivity index is 1.63. The fraction of sp³-hybridized carbons (Fsp3) is 0.510. The molecule has 0 atom stereocenters. The summed E-state index contributed by atoms with van der Waals surface area (Å²) in [5.74, 6) is -0.192. The Morgan fingerprint density at radius 2 is 1.29 bits per heavy atom. The lowest BCUT2D eigenvalue weighted by molar-refractivity contribution is -0.139. The summed E-state index contributed by atoms with van der Waals surface area (Å²) in [5, 5.41) is 19.8. The number of aliphatic hydroxyl groups is 2. The van der Waals surface area contributed by atoms with Crippen molar-refractivity contribution in [1.29, 1.82) is 0 Å². The molecule has 0 saturated heterocycles. The van der Waals surface area contributed by atoms with Crippen molar-refractivity contribution in [2.45, 2.75) is 117 Å². The predicted molar refractivity (Wildman–Crippen MR) is 227 cm³/mol. The Hall–Kier alpha value is -4.34. The largest absolute Gasteiger partial charge is 0.493 e. The van der Waals surface area contributed by atoms with Crippen molar-refractivity contribution in [3.8, 4) is 28.0 Å². The molecule has 0 aromatic heterocycles. The molecule has 0 heterocycles. The first-order valence-electron chi connectivity index (χ1n) is 21.0. The van der Waals surface area contributed by atoms with E-state index >= 15 is 8.78 Å². The van der Waals surface area contributed by atoms with Gasteiger partial charge in [-0.25, -0.2) is 18.4 Å². The number of aliphatic hydroxyl groups excluding tert-OH is 2. The molecule has 0 unspecified atom stereocenters. The zero-order valence-electron chi connectivity index (χ0n) is 35.1. The minimum Gasteiger partial charge on any atom is -0.493 e. The van der Waals surface area contributed by atoms with Crippen LogP contribution < -0.4 is 4.74 Å². The Morgan fingerprint density at radius 1 is 0.741 bits per heavy atom. The van der Waals surface area contributed by atoms with Gasteiger partial charge >= 0.3 is 11.9 Å². The number of benzene rings is 3. The van der Waals surface area contributed by atoms with Gasteiger partial charge in [-0.1, -0.05) is 77.0 Å². The van der Waals surface area contributed by atoms with Gasteiger partial charge in [0.15, 0.2) is 0 Å². The number of hydrogen-bond acceptors (Lipinski definition) is 7. The van der Waals surface area contributed by atoms with E-state index in [1.165, 1.54) is 44.6 Å². The highest BCUT2D eigenvalue weighted by Gasteiger charge is 2.25. The van der Waals surface area contributed by atoms with Crippen LogP contribution in [0.25, 0.3) is 22.3 Å². The lowest BCUT2D eigenvalue weighted by Gasteiger charge is -2.29. The summed E-state index contributed by atoms with van der Waals surface area (Å²) in [6.07, 6.45) is 11.6. The van der Waals surface area contributed by atoms with Crippen LogP contribution in [0, 0.1) is 23.0 Å². The fourth-order valence-corrected chi connectivity index (χ4v) is 7.58. The van der Waals surface area contributed by atoms with Crippen molar-refractivity contribution in [3.05, 3.63) is 101 Å². The number of unbranched alkanes of at least 4 members (excludes halogenated alkanes) is 2. The number of halogens is 2. The molecule has 9 heteroatoms. The van der Waals surface area contributed by atoms with E-state index < -0.39 is 23.2 Å². The summed E-state index contributed by atoms with van der Waals surface area (Å²) in [6.45, 7) is 14.4. The number of rotatable bonds is 23. The van der Waals surface area contributed by atoms with Gasteiger partial charge in [0.25, 0.3) is 0 Å². The summed E-state index contributed by atoms with van der Waals surface area (Å²) >= 11 is 0. The van der Waals surface area contributed by atoms with E-state index in [0.717, 1.165) is 35.4 Å². The van der Waals surface area contributed by atoms with Crippen LogP contribution >= 0.6 is 0 Å². The molecule has 1 aliphatic rings. The number of aryl methyl sites for hydroxylation is 2. The topological polar surface area (TPSA) is 102 Å². The first-order chi connectivity index (χ1) is 27.8. The molecule has 3 aromatic rings. The first-order valence-corrected chi connectivity index (χ1v) is 21.0. The van der Waals surface area contributed by atoms with Gasteiger partial charge in [0.1, 0.15) is 17.4 Å². The minimum atomic E-state index is -0.758. The molecule has 0 spiro atoms. The van der Waals surface area contributed by atoms with Crippen LogP contribution in [0.3, 0.4) is 0 Å². The molecular weight excluding hydrogens is 739 g/mol. The molecule has 1 aliphatic carbocycles. The zero-order valence-corrected chi connectivity index (χ0v) is 35.1. The van der Waals surface area contributed by atoms with E-state index in [0.29, 0.717) is 77.2 Å². The Labute approximate surface area is 344 Å². The predicted octanol–water partition coefficient (Wildman–Crippen LogP) is 11.0. The molecule has 3 aromatic carbocycles. The number of esters is 2. The second-order valence-corrected chi connectivity index (χ2v) is 16.5. The Kier molecular flexibility index (Phi) is 18.2. The average Bonchev–Trinajstić information content (AvgIpc) is 3.21. The maximum atomic E-state index is 16.3. The summed E-state index contributed by atoms with van der Waals surface area (Å²) in [6, 6.07) is 13.9. The minimum absolute atomic E-state index is 0.127. The van der Waals surface area contributed by atoms with Crippen LogP contribution in [0.2, 0.25) is 0 Å². The van der Waals surface area contributed by atoms with Gasteiger partial charge in [-0.15, -0.1) is 0 Å². The number of carbonyl (C=O) groups is 2. The highest BCUT2D eigenvalue weighted by molar-refractivity contribution is 5.87. The summed E-state index contributed by atoms with van der Waals surface area (Å²) in [5.41, 5.74) is 4.01. The van der Waals surface area contributed by atoms with Crippen LogP contribution in [-0.2, 0) is 31.9 Å². The maximum Gasteiger partial charge on any atom is 0.333 e. The third-order valence-corrected chi connectivity index (χ3v) is 11.4. The van der Waals surface area contributed by atoms with Gasteiger partial charge in [0.05, 0.1) is 33.0 Å². The van der Waals surface area contributed by atoms with Gasteiger partial charge in [0.2, 0.25) is 0 Å². The van der Waals surface area contributed by atoms with Gasteiger partial charge in [0, 0.05) is 27.7 Å². The monoisotopic (exact) mass is 802 g/mol. The van der Waals surface area contributed by atoms with Gasteiger partial charge in [-0.3, -0.25) is 0 Å². The summed E-state index contributed by atoms with van der Waals surface area (Å²) in [7, 11) is 0. The van der Waals surface area contributed by atoms with Crippen LogP contribution in [-0.4, -0.2) is 55.2 Å². The third-order valence-electron chi connectivity index (χ3n) is 11.4. The second-order valence-electron chi connectivity index (χ2n) is 16.5. The molecule has 2 N–H and O–H groups in total. The van der Waals surface area contributed by atoms with Crippen molar-refractivity contribution in [3.63, 3.8) is 0 Å². The van der Waals surface area contributed by atoms with Gasteiger partial charge in [-0.2, -0.15) is 0 Å². The first kappa shape index (κ1) is 46.4. The normalized spacial score (nSPS) is 15.5. The standard InChI is InChI=1S/C49H64F2O7/c1-7-8-9-12-35-15-17-36(18-16-35)37-19-21-42(44(50)29-37)38-20-22-43(45(51)30-38)41-27-39(13-10-24-57-47(54)33(2)3)46(56-26-23-49(6,31-52)32-53)40(28-41)14-11-25-58-48(55)34(4)5/h19-22,27-30,35-36,52-53H,2,4,7-18,23-26,31-32H2,1,3,5-6H3. The molecule has 0 aliphatic heterocycles. The van der Waals surface area contributed by atoms with Crippen molar-refractivity contribution in [2.24, 2.45) is 11.3 Å². The van der Waals surface area contributed by atoms with E-state index in [9.17, 15) is 19.8 Å². The maximum absolute atomic E-state index is 16.3. The molecule has 58 heavy (non-hydrogen) atoms. The molecule has 1 fully saturated rings. The van der Waals surface area contributed by atoms with E-state index in [2.05, 4.69) is 20.1 Å². The smallest absolute Gasteiger partial charge is 0.333 e. The lowest BCUT2D eigenvalue weighted by Crippen LogP contribution is -2.28. The molecule has 0 radical (unpaired) electrons. The number of hydrogen-bond donors (Lipinski definition) is 2. The van der Waals surface area contributed by atoms with Crippen molar-refractivity contribution in [2.75, 3.05) is 33.0 Å². The summed E-state index contributed by atoms with van der Waals surface area (Å²) in [4.78, 5) is 24.2. The average molecular weight is 803 g/mol. The number of carbonyl (C=O) groups excluding carboxylic acids is 2. The lowest BCUT2D eigenvalue weighted by atomic mass is 9.77.